The third-order valence-corrected chi connectivity index (χ3v) is 3.79. The molecule has 2 N–H and O–H groups in total. The molecule has 2 aromatic rings. The average Bonchev–Trinajstić information content (AvgIpc) is 2.55. The number of ether oxygens (including phenoxy) is 1. The lowest BCUT2D eigenvalue weighted by Crippen LogP contribution is -2.20. The Morgan fingerprint density at radius 3 is 2.50 bits per heavy atom. The van der Waals surface area contributed by atoms with Crippen LogP contribution in [0, 0.1) is 6.92 Å². The molecular weight excluding hydrogens is 302 g/mol. The van der Waals surface area contributed by atoms with Crippen molar-refractivity contribution in [1.29, 1.82) is 0 Å². The summed E-state index contributed by atoms with van der Waals surface area (Å²) in [5.41, 5.74) is 3.96. The van der Waals surface area contributed by atoms with E-state index in [0.29, 0.717) is 12.3 Å². The fraction of sp³-hybridized carbons (Fsp3) is 0.350. The second-order valence-electron chi connectivity index (χ2n) is 6.20. The SMILES string of the molecule is Cc1ccc(C(C)C)c(OCC(=O)Nc2ccc(CCO)cc2)c1. The number of carbonyl (C=O) groups is 1. The van der Waals surface area contributed by atoms with E-state index in [1.165, 1.54) is 0 Å². The fourth-order valence-corrected chi connectivity index (χ4v) is 2.47. The van der Waals surface area contributed by atoms with Crippen LogP contribution in [0.2, 0.25) is 0 Å². The summed E-state index contributed by atoms with van der Waals surface area (Å²) in [6.45, 7) is 6.30. The molecule has 0 fully saturated rings. The third kappa shape index (κ3) is 5.10. The van der Waals surface area contributed by atoms with E-state index in [1.54, 1.807) is 0 Å². The second-order valence-corrected chi connectivity index (χ2v) is 6.20. The van der Waals surface area contributed by atoms with Gasteiger partial charge in [0.05, 0.1) is 0 Å². The van der Waals surface area contributed by atoms with E-state index in [9.17, 15) is 4.79 Å². The number of anilines is 1. The highest BCUT2D eigenvalue weighted by molar-refractivity contribution is 5.91. The van der Waals surface area contributed by atoms with Gasteiger partial charge in [-0.25, -0.2) is 0 Å². The number of benzene rings is 2. The van der Waals surface area contributed by atoms with E-state index in [0.717, 1.165) is 28.1 Å². The molecular formula is C20H25NO3. The highest BCUT2D eigenvalue weighted by Crippen LogP contribution is 2.27. The van der Waals surface area contributed by atoms with Crippen LogP contribution in [-0.4, -0.2) is 24.2 Å². The first-order valence-corrected chi connectivity index (χ1v) is 8.22. The quantitative estimate of drug-likeness (QED) is 0.816. The van der Waals surface area contributed by atoms with Crippen molar-refractivity contribution in [3.8, 4) is 5.75 Å². The Balaban J connectivity index is 1.95. The zero-order valence-corrected chi connectivity index (χ0v) is 14.5. The van der Waals surface area contributed by atoms with Gasteiger partial charge in [0, 0.05) is 12.3 Å². The Labute approximate surface area is 143 Å². The minimum atomic E-state index is -0.193. The van der Waals surface area contributed by atoms with Crippen molar-refractivity contribution < 1.29 is 14.6 Å². The van der Waals surface area contributed by atoms with Crippen molar-refractivity contribution in [3.05, 3.63) is 59.2 Å². The summed E-state index contributed by atoms with van der Waals surface area (Å²) in [7, 11) is 0. The maximum absolute atomic E-state index is 12.1. The van der Waals surface area contributed by atoms with Crippen LogP contribution in [0.3, 0.4) is 0 Å². The smallest absolute Gasteiger partial charge is 0.262 e. The molecule has 0 unspecified atom stereocenters. The summed E-state index contributed by atoms with van der Waals surface area (Å²) in [4.78, 5) is 12.1. The number of nitrogens with one attached hydrogen (secondary N) is 1. The molecule has 2 rings (SSSR count). The third-order valence-electron chi connectivity index (χ3n) is 3.79. The molecule has 2 aromatic carbocycles. The second kappa shape index (κ2) is 8.50. The molecule has 0 aromatic heterocycles. The number of rotatable bonds is 7. The molecule has 0 heterocycles. The first-order chi connectivity index (χ1) is 11.5. The van der Waals surface area contributed by atoms with Gasteiger partial charge >= 0.3 is 0 Å². The zero-order valence-electron chi connectivity index (χ0n) is 14.5. The van der Waals surface area contributed by atoms with Crippen LogP contribution in [0.15, 0.2) is 42.5 Å². The van der Waals surface area contributed by atoms with Gasteiger partial charge in [-0.3, -0.25) is 4.79 Å². The number of aryl methyl sites for hydroxylation is 1. The summed E-state index contributed by atoms with van der Waals surface area (Å²) in [5, 5.41) is 11.7. The minimum Gasteiger partial charge on any atom is -0.483 e. The molecule has 0 aliphatic rings. The number of carbonyl (C=O) groups excluding carboxylic acids is 1. The lowest BCUT2D eigenvalue weighted by molar-refractivity contribution is -0.118. The van der Waals surface area contributed by atoms with E-state index >= 15 is 0 Å². The molecule has 0 spiro atoms. The van der Waals surface area contributed by atoms with Crippen molar-refractivity contribution >= 4 is 11.6 Å². The number of hydrogen-bond donors (Lipinski definition) is 2. The molecule has 0 aliphatic heterocycles. The van der Waals surface area contributed by atoms with E-state index < -0.39 is 0 Å². The summed E-state index contributed by atoms with van der Waals surface area (Å²) in [6.07, 6.45) is 0.614. The van der Waals surface area contributed by atoms with Gasteiger partial charge in [0.15, 0.2) is 6.61 Å². The number of hydrogen-bond acceptors (Lipinski definition) is 3. The lowest BCUT2D eigenvalue weighted by Gasteiger charge is -2.15. The van der Waals surface area contributed by atoms with E-state index in [1.807, 2.05) is 43.3 Å². The summed E-state index contributed by atoms with van der Waals surface area (Å²) >= 11 is 0. The Bertz CT molecular complexity index is 678. The van der Waals surface area contributed by atoms with E-state index in [4.69, 9.17) is 9.84 Å². The summed E-state index contributed by atoms with van der Waals surface area (Å²) < 4.78 is 5.73. The van der Waals surface area contributed by atoms with Gasteiger partial charge in [0.2, 0.25) is 0 Å². The molecule has 4 nitrogen and oxygen atoms in total. The summed E-state index contributed by atoms with van der Waals surface area (Å²) in [5.74, 6) is 0.905. The van der Waals surface area contributed by atoms with Crippen molar-refractivity contribution in [1.82, 2.24) is 0 Å². The Morgan fingerprint density at radius 1 is 1.17 bits per heavy atom. The number of amides is 1. The molecule has 0 radical (unpaired) electrons. The summed E-state index contributed by atoms with van der Waals surface area (Å²) in [6, 6.07) is 13.5. The maximum Gasteiger partial charge on any atom is 0.262 e. The molecule has 24 heavy (non-hydrogen) atoms. The first kappa shape index (κ1) is 18.0. The number of aliphatic hydroxyl groups is 1. The minimum absolute atomic E-state index is 0.0262. The zero-order chi connectivity index (χ0) is 17.5. The van der Waals surface area contributed by atoms with Crippen molar-refractivity contribution in [2.75, 3.05) is 18.5 Å². The van der Waals surface area contributed by atoms with Crippen LogP contribution in [0.1, 0.15) is 36.5 Å². The number of aliphatic hydroxyl groups excluding tert-OH is 1. The Hall–Kier alpha value is -2.33. The van der Waals surface area contributed by atoms with Gasteiger partial charge < -0.3 is 15.2 Å². The molecule has 128 valence electrons. The van der Waals surface area contributed by atoms with Gasteiger partial charge in [-0.15, -0.1) is 0 Å². The van der Waals surface area contributed by atoms with Gasteiger partial charge in [-0.2, -0.15) is 0 Å². The Morgan fingerprint density at radius 2 is 1.88 bits per heavy atom. The van der Waals surface area contributed by atoms with Gasteiger partial charge in [0.25, 0.3) is 5.91 Å². The predicted molar refractivity (Wildman–Crippen MR) is 96.6 cm³/mol. The first-order valence-electron chi connectivity index (χ1n) is 8.22. The maximum atomic E-state index is 12.1. The predicted octanol–water partition coefficient (Wildman–Crippen LogP) is 3.67. The topological polar surface area (TPSA) is 58.6 Å². The van der Waals surface area contributed by atoms with Gasteiger partial charge in [0.1, 0.15) is 5.75 Å². The molecule has 0 saturated heterocycles. The van der Waals surface area contributed by atoms with Gasteiger partial charge in [-0.05, 0) is 54.2 Å². The van der Waals surface area contributed by atoms with Crippen LogP contribution < -0.4 is 10.1 Å². The van der Waals surface area contributed by atoms with Crippen LogP contribution >= 0.6 is 0 Å². The van der Waals surface area contributed by atoms with Crippen molar-refractivity contribution in [3.63, 3.8) is 0 Å². The molecule has 0 aliphatic carbocycles. The van der Waals surface area contributed by atoms with Gasteiger partial charge in [-0.1, -0.05) is 38.1 Å². The lowest BCUT2D eigenvalue weighted by atomic mass is 10.0. The van der Waals surface area contributed by atoms with Crippen molar-refractivity contribution in [2.24, 2.45) is 0 Å². The highest BCUT2D eigenvalue weighted by atomic mass is 16.5. The monoisotopic (exact) mass is 327 g/mol. The molecule has 0 bridgehead atoms. The average molecular weight is 327 g/mol. The molecule has 0 saturated carbocycles. The molecule has 4 heteroatoms. The van der Waals surface area contributed by atoms with Crippen LogP contribution in [0.25, 0.3) is 0 Å². The van der Waals surface area contributed by atoms with Crippen LogP contribution in [-0.2, 0) is 11.2 Å². The van der Waals surface area contributed by atoms with Crippen molar-refractivity contribution in [2.45, 2.75) is 33.1 Å². The normalized spacial score (nSPS) is 10.7. The highest BCUT2D eigenvalue weighted by Gasteiger charge is 2.10. The molecule has 1 amide bonds. The van der Waals surface area contributed by atoms with Crippen LogP contribution in [0.5, 0.6) is 5.75 Å². The van der Waals surface area contributed by atoms with E-state index in [-0.39, 0.29) is 19.1 Å². The standard InChI is InChI=1S/C20H25NO3/c1-14(2)18-9-4-15(3)12-19(18)24-13-20(23)21-17-7-5-16(6-8-17)10-11-22/h4-9,12,14,22H,10-11,13H2,1-3H3,(H,21,23). The Kier molecular flexibility index (Phi) is 6.38. The molecule has 0 atom stereocenters. The van der Waals surface area contributed by atoms with E-state index in [2.05, 4.69) is 25.2 Å². The largest absolute Gasteiger partial charge is 0.483 e. The fourth-order valence-electron chi connectivity index (χ4n) is 2.47. The van der Waals surface area contributed by atoms with Crippen LogP contribution in [0.4, 0.5) is 5.69 Å².